The Morgan fingerprint density at radius 3 is 2.59 bits per heavy atom. The van der Waals surface area contributed by atoms with E-state index in [0.717, 1.165) is 11.9 Å². The second-order valence-electron chi connectivity index (χ2n) is 3.93. The lowest BCUT2D eigenvalue weighted by Crippen LogP contribution is -2.06. The Kier molecular flexibility index (Phi) is 3.15. The smallest absolute Gasteiger partial charge is 0.147 e. The SMILES string of the molecule is Cc1ccc(C(O)c2ccncc2F)c(C)n1. The number of aliphatic hydroxyl groups excluding tert-OH is 1. The van der Waals surface area contributed by atoms with Crippen LogP contribution in [0.1, 0.15) is 28.6 Å². The Bertz CT molecular complexity index is 543. The maximum Gasteiger partial charge on any atom is 0.147 e. The standard InChI is InChI=1S/C13H13FN2O/c1-8-3-4-10(9(2)16-8)13(17)11-5-6-15-7-12(11)14/h3-7,13,17H,1-2H3. The van der Waals surface area contributed by atoms with E-state index in [9.17, 15) is 9.50 Å². The number of hydrogen-bond donors (Lipinski definition) is 1. The average Bonchev–Trinajstić information content (AvgIpc) is 2.29. The molecule has 2 aromatic heterocycles. The van der Waals surface area contributed by atoms with Crippen LogP contribution in [-0.2, 0) is 0 Å². The van der Waals surface area contributed by atoms with Gasteiger partial charge in [0.25, 0.3) is 0 Å². The molecule has 0 saturated carbocycles. The fourth-order valence-electron chi connectivity index (χ4n) is 1.76. The van der Waals surface area contributed by atoms with Crippen LogP contribution in [0.25, 0.3) is 0 Å². The quantitative estimate of drug-likeness (QED) is 0.864. The van der Waals surface area contributed by atoms with Crippen molar-refractivity contribution in [2.24, 2.45) is 0 Å². The van der Waals surface area contributed by atoms with Crippen molar-refractivity contribution in [2.45, 2.75) is 20.0 Å². The van der Waals surface area contributed by atoms with E-state index in [0.29, 0.717) is 11.3 Å². The predicted molar refractivity (Wildman–Crippen MR) is 62.0 cm³/mol. The van der Waals surface area contributed by atoms with Crippen molar-refractivity contribution in [3.63, 3.8) is 0 Å². The van der Waals surface area contributed by atoms with Crippen molar-refractivity contribution in [1.82, 2.24) is 9.97 Å². The minimum Gasteiger partial charge on any atom is -0.383 e. The fraction of sp³-hybridized carbons (Fsp3) is 0.231. The molecule has 0 aromatic carbocycles. The van der Waals surface area contributed by atoms with Crippen molar-refractivity contribution < 1.29 is 9.50 Å². The summed E-state index contributed by atoms with van der Waals surface area (Å²) in [5.74, 6) is -0.514. The highest BCUT2D eigenvalue weighted by Gasteiger charge is 2.17. The molecule has 1 N–H and O–H groups in total. The molecular formula is C13H13FN2O. The summed E-state index contributed by atoms with van der Waals surface area (Å²) < 4.78 is 13.5. The summed E-state index contributed by atoms with van der Waals surface area (Å²) in [5, 5.41) is 10.1. The largest absolute Gasteiger partial charge is 0.383 e. The molecule has 88 valence electrons. The molecule has 3 nitrogen and oxygen atoms in total. The van der Waals surface area contributed by atoms with Crippen molar-refractivity contribution in [1.29, 1.82) is 0 Å². The van der Waals surface area contributed by atoms with E-state index in [1.165, 1.54) is 12.3 Å². The zero-order valence-electron chi connectivity index (χ0n) is 9.68. The maximum absolute atomic E-state index is 13.5. The van der Waals surface area contributed by atoms with Gasteiger partial charge in [-0.1, -0.05) is 6.07 Å². The first-order valence-electron chi connectivity index (χ1n) is 5.31. The zero-order chi connectivity index (χ0) is 12.4. The highest BCUT2D eigenvalue weighted by atomic mass is 19.1. The number of aryl methyl sites for hydroxylation is 2. The van der Waals surface area contributed by atoms with E-state index < -0.39 is 11.9 Å². The van der Waals surface area contributed by atoms with Crippen LogP contribution in [-0.4, -0.2) is 15.1 Å². The molecule has 0 saturated heterocycles. The van der Waals surface area contributed by atoms with Gasteiger partial charge in [-0.2, -0.15) is 0 Å². The van der Waals surface area contributed by atoms with Crippen LogP contribution in [0.3, 0.4) is 0 Å². The van der Waals surface area contributed by atoms with Gasteiger partial charge in [0.05, 0.1) is 6.20 Å². The van der Waals surface area contributed by atoms with Gasteiger partial charge in [0, 0.05) is 28.7 Å². The molecule has 0 aliphatic carbocycles. The van der Waals surface area contributed by atoms with E-state index >= 15 is 0 Å². The first-order valence-corrected chi connectivity index (χ1v) is 5.31. The second kappa shape index (κ2) is 4.59. The third-order valence-electron chi connectivity index (χ3n) is 2.66. The van der Waals surface area contributed by atoms with Crippen LogP contribution in [0, 0.1) is 19.7 Å². The summed E-state index contributed by atoms with van der Waals surface area (Å²) in [4.78, 5) is 7.91. The van der Waals surface area contributed by atoms with E-state index in [-0.39, 0.29) is 5.56 Å². The van der Waals surface area contributed by atoms with Gasteiger partial charge in [-0.15, -0.1) is 0 Å². The van der Waals surface area contributed by atoms with Crippen LogP contribution in [0.5, 0.6) is 0 Å². The van der Waals surface area contributed by atoms with E-state index in [2.05, 4.69) is 9.97 Å². The van der Waals surface area contributed by atoms with Crippen LogP contribution in [0.2, 0.25) is 0 Å². The van der Waals surface area contributed by atoms with Gasteiger partial charge in [0.1, 0.15) is 11.9 Å². The lowest BCUT2D eigenvalue weighted by atomic mass is 10.0. The summed E-state index contributed by atoms with van der Waals surface area (Å²) in [7, 11) is 0. The van der Waals surface area contributed by atoms with Gasteiger partial charge in [-0.05, 0) is 26.0 Å². The minimum atomic E-state index is -1.01. The molecule has 17 heavy (non-hydrogen) atoms. The van der Waals surface area contributed by atoms with Crippen molar-refractivity contribution in [3.05, 3.63) is 58.9 Å². The summed E-state index contributed by atoms with van der Waals surface area (Å²) in [5.41, 5.74) is 2.40. The summed E-state index contributed by atoms with van der Waals surface area (Å²) in [6.45, 7) is 3.67. The Morgan fingerprint density at radius 2 is 1.94 bits per heavy atom. The second-order valence-corrected chi connectivity index (χ2v) is 3.93. The van der Waals surface area contributed by atoms with Crippen LogP contribution in [0.4, 0.5) is 4.39 Å². The van der Waals surface area contributed by atoms with E-state index in [1.54, 1.807) is 19.1 Å². The molecule has 0 spiro atoms. The van der Waals surface area contributed by atoms with Crippen LogP contribution in [0.15, 0.2) is 30.6 Å². The summed E-state index contributed by atoms with van der Waals surface area (Å²) in [6, 6.07) is 5.03. The number of nitrogens with zero attached hydrogens (tertiary/aromatic N) is 2. The third kappa shape index (κ3) is 2.31. The zero-order valence-corrected chi connectivity index (χ0v) is 9.68. The maximum atomic E-state index is 13.5. The summed E-state index contributed by atoms with van der Waals surface area (Å²) >= 11 is 0. The normalized spacial score (nSPS) is 12.5. The molecule has 0 aliphatic rings. The van der Waals surface area contributed by atoms with Gasteiger partial charge >= 0.3 is 0 Å². The molecule has 0 bridgehead atoms. The van der Waals surface area contributed by atoms with Gasteiger partial charge in [-0.3, -0.25) is 9.97 Å². The van der Waals surface area contributed by atoms with Crippen LogP contribution >= 0.6 is 0 Å². The highest BCUT2D eigenvalue weighted by Crippen LogP contribution is 2.25. The molecule has 1 atom stereocenters. The van der Waals surface area contributed by atoms with Crippen molar-refractivity contribution >= 4 is 0 Å². The molecule has 2 heterocycles. The Labute approximate surface area is 99.0 Å². The fourth-order valence-corrected chi connectivity index (χ4v) is 1.76. The lowest BCUT2D eigenvalue weighted by Gasteiger charge is -2.14. The van der Waals surface area contributed by atoms with Crippen molar-refractivity contribution in [2.75, 3.05) is 0 Å². The topological polar surface area (TPSA) is 46.0 Å². The summed E-state index contributed by atoms with van der Waals surface area (Å²) in [6.07, 6.45) is 1.54. The van der Waals surface area contributed by atoms with Crippen LogP contribution < -0.4 is 0 Å². The molecule has 0 amide bonds. The number of aromatic nitrogens is 2. The van der Waals surface area contributed by atoms with Crippen molar-refractivity contribution in [3.8, 4) is 0 Å². The molecule has 0 radical (unpaired) electrons. The Balaban J connectivity index is 2.44. The molecule has 0 fully saturated rings. The number of hydrogen-bond acceptors (Lipinski definition) is 3. The number of pyridine rings is 2. The monoisotopic (exact) mass is 232 g/mol. The molecule has 4 heteroatoms. The highest BCUT2D eigenvalue weighted by molar-refractivity contribution is 5.32. The van der Waals surface area contributed by atoms with E-state index in [1.807, 2.05) is 6.92 Å². The number of aliphatic hydroxyl groups is 1. The lowest BCUT2D eigenvalue weighted by molar-refractivity contribution is 0.213. The molecule has 0 aliphatic heterocycles. The van der Waals surface area contributed by atoms with Gasteiger partial charge in [0.2, 0.25) is 0 Å². The molecule has 1 unspecified atom stereocenters. The number of rotatable bonds is 2. The average molecular weight is 232 g/mol. The first-order chi connectivity index (χ1) is 8.09. The molecule has 2 rings (SSSR count). The predicted octanol–water partition coefficient (Wildman–Crippen LogP) is 2.31. The van der Waals surface area contributed by atoms with E-state index in [4.69, 9.17) is 0 Å². The first kappa shape index (κ1) is 11.7. The Hall–Kier alpha value is -1.81. The van der Waals surface area contributed by atoms with Gasteiger partial charge in [0.15, 0.2) is 0 Å². The Morgan fingerprint density at radius 1 is 1.18 bits per heavy atom. The minimum absolute atomic E-state index is 0.216. The van der Waals surface area contributed by atoms with Gasteiger partial charge in [-0.25, -0.2) is 4.39 Å². The molecular weight excluding hydrogens is 219 g/mol. The third-order valence-corrected chi connectivity index (χ3v) is 2.66. The number of halogens is 1. The van der Waals surface area contributed by atoms with Gasteiger partial charge < -0.3 is 5.11 Å². The molecule has 2 aromatic rings.